The normalized spacial score (nSPS) is 14.7. The number of piperazine rings is 1. The third-order valence-corrected chi connectivity index (χ3v) is 5.21. The molecule has 1 aliphatic heterocycles. The van der Waals surface area contributed by atoms with Gasteiger partial charge in [0.1, 0.15) is 11.5 Å². The summed E-state index contributed by atoms with van der Waals surface area (Å²) in [5.74, 6) is 1.72. The summed E-state index contributed by atoms with van der Waals surface area (Å²) in [5, 5.41) is 0. The van der Waals surface area contributed by atoms with E-state index >= 15 is 0 Å². The van der Waals surface area contributed by atoms with E-state index in [1.807, 2.05) is 36.4 Å². The van der Waals surface area contributed by atoms with Gasteiger partial charge in [-0.1, -0.05) is 42.5 Å². The SMILES string of the molecule is COc1cccc(OCCCCN2CCN(C)CC2)c1/C=C/c1ccccc1.Cl.Cl. The molecule has 6 heteroatoms. The van der Waals surface area contributed by atoms with Gasteiger partial charge in [0.25, 0.3) is 0 Å². The Labute approximate surface area is 193 Å². The molecule has 3 rings (SSSR count). The molecule has 0 bridgehead atoms. The zero-order chi connectivity index (χ0) is 19.6. The van der Waals surface area contributed by atoms with Gasteiger partial charge in [-0.05, 0) is 50.2 Å². The summed E-state index contributed by atoms with van der Waals surface area (Å²) in [6, 6.07) is 16.3. The zero-order valence-electron chi connectivity index (χ0n) is 18.0. The molecule has 2 aromatic carbocycles. The Morgan fingerprint density at radius 2 is 1.53 bits per heavy atom. The first-order valence-corrected chi connectivity index (χ1v) is 10.2. The standard InChI is InChI=1S/C24H32N2O2.2ClH/c1-25-16-18-26(19-17-25)15-6-7-20-28-24-12-8-11-23(27-2)22(24)14-13-21-9-4-3-5-10-21;;/h3-5,8-14H,6-7,15-20H2,1-2H3;2*1H/b14-13+;;. The molecule has 0 unspecified atom stereocenters. The molecule has 1 fully saturated rings. The van der Waals surface area contributed by atoms with Crippen molar-refractivity contribution in [2.75, 3.05) is 53.5 Å². The van der Waals surface area contributed by atoms with Crippen molar-refractivity contribution >= 4 is 37.0 Å². The molecule has 1 heterocycles. The van der Waals surface area contributed by atoms with E-state index in [0.29, 0.717) is 0 Å². The Balaban J connectivity index is 0.00000225. The second kappa shape index (κ2) is 14.3. The van der Waals surface area contributed by atoms with Crippen LogP contribution in [0.1, 0.15) is 24.0 Å². The molecule has 4 nitrogen and oxygen atoms in total. The van der Waals surface area contributed by atoms with Crippen LogP contribution in [0.5, 0.6) is 11.5 Å². The van der Waals surface area contributed by atoms with Crippen LogP contribution in [0.15, 0.2) is 48.5 Å². The smallest absolute Gasteiger partial charge is 0.130 e. The molecule has 2 aromatic rings. The highest BCUT2D eigenvalue weighted by Gasteiger charge is 2.13. The molecular formula is C24H34Cl2N2O2. The molecule has 0 atom stereocenters. The van der Waals surface area contributed by atoms with Gasteiger partial charge in [0.2, 0.25) is 0 Å². The summed E-state index contributed by atoms with van der Waals surface area (Å²) in [7, 11) is 3.90. The lowest BCUT2D eigenvalue weighted by Gasteiger charge is -2.32. The maximum absolute atomic E-state index is 6.12. The van der Waals surface area contributed by atoms with Gasteiger partial charge in [0.05, 0.1) is 19.3 Å². The van der Waals surface area contributed by atoms with Crippen LogP contribution in [0.25, 0.3) is 12.2 Å². The van der Waals surface area contributed by atoms with Gasteiger partial charge in [0.15, 0.2) is 0 Å². The van der Waals surface area contributed by atoms with Crippen molar-refractivity contribution in [1.29, 1.82) is 0 Å². The third kappa shape index (κ3) is 8.19. The summed E-state index contributed by atoms with van der Waals surface area (Å²) >= 11 is 0. The molecule has 166 valence electrons. The minimum absolute atomic E-state index is 0. The van der Waals surface area contributed by atoms with Crippen molar-refractivity contribution in [3.63, 3.8) is 0 Å². The largest absolute Gasteiger partial charge is 0.496 e. The van der Waals surface area contributed by atoms with Crippen molar-refractivity contribution < 1.29 is 9.47 Å². The molecule has 30 heavy (non-hydrogen) atoms. The van der Waals surface area contributed by atoms with E-state index < -0.39 is 0 Å². The van der Waals surface area contributed by atoms with Crippen LogP contribution in [0.4, 0.5) is 0 Å². The van der Waals surface area contributed by atoms with Gasteiger partial charge >= 0.3 is 0 Å². The van der Waals surface area contributed by atoms with Crippen molar-refractivity contribution in [1.82, 2.24) is 9.80 Å². The number of benzene rings is 2. The van der Waals surface area contributed by atoms with Crippen LogP contribution in [-0.4, -0.2) is 63.3 Å². The molecule has 0 aromatic heterocycles. The Bertz CT molecular complexity index is 748. The van der Waals surface area contributed by atoms with Gasteiger partial charge < -0.3 is 19.3 Å². The number of methoxy groups -OCH3 is 1. The number of ether oxygens (including phenoxy) is 2. The molecule has 1 aliphatic rings. The zero-order valence-corrected chi connectivity index (χ0v) is 19.6. The van der Waals surface area contributed by atoms with Crippen LogP contribution in [0.3, 0.4) is 0 Å². The number of nitrogens with zero attached hydrogens (tertiary/aromatic N) is 2. The van der Waals surface area contributed by atoms with Crippen molar-refractivity contribution in [2.24, 2.45) is 0 Å². The molecule has 0 spiro atoms. The minimum atomic E-state index is 0. The first-order valence-electron chi connectivity index (χ1n) is 10.2. The number of hydrogen-bond donors (Lipinski definition) is 0. The second-order valence-corrected chi connectivity index (χ2v) is 7.32. The van der Waals surface area contributed by atoms with Crippen LogP contribution >= 0.6 is 24.8 Å². The Morgan fingerprint density at radius 1 is 0.833 bits per heavy atom. The fraction of sp³-hybridized carbons (Fsp3) is 0.417. The summed E-state index contributed by atoms with van der Waals surface area (Å²) in [5.41, 5.74) is 2.15. The van der Waals surface area contributed by atoms with Gasteiger partial charge in [-0.3, -0.25) is 0 Å². The molecular weight excluding hydrogens is 419 g/mol. The lowest BCUT2D eigenvalue weighted by Crippen LogP contribution is -2.44. The van der Waals surface area contributed by atoms with E-state index in [1.54, 1.807) is 7.11 Å². The van der Waals surface area contributed by atoms with E-state index in [-0.39, 0.29) is 24.8 Å². The lowest BCUT2D eigenvalue weighted by atomic mass is 10.1. The summed E-state index contributed by atoms with van der Waals surface area (Å²) < 4.78 is 11.7. The van der Waals surface area contributed by atoms with Gasteiger partial charge in [0, 0.05) is 26.2 Å². The van der Waals surface area contributed by atoms with E-state index in [2.05, 4.69) is 41.1 Å². The Morgan fingerprint density at radius 3 is 2.23 bits per heavy atom. The number of halogens is 2. The van der Waals surface area contributed by atoms with Crippen LogP contribution < -0.4 is 9.47 Å². The van der Waals surface area contributed by atoms with Crippen LogP contribution in [0, 0.1) is 0 Å². The van der Waals surface area contributed by atoms with Gasteiger partial charge in [-0.2, -0.15) is 0 Å². The van der Waals surface area contributed by atoms with Crippen LogP contribution in [-0.2, 0) is 0 Å². The predicted octanol–water partition coefficient (Wildman–Crippen LogP) is 5.12. The number of hydrogen-bond acceptors (Lipinski definition) is 4. The third-order valence-electron chi connectivity index (χ3n) is 5.21. The minimum Gasteiger partial charge on any atom is -0.496 e. The Hall–Kier alpha value is -1.72. The van der Waals surface area contributed by atoms with Crippen LogP contribution in [0.2, 0.25) is 0 Å². The second-order valence-electron chi connectivity index (χ2n) is 7.32. The van der Waals surface area contributed by atoms with Crippen molar-refractivity contribution in [3.8, 4) is 11.5 Å². The monoisotopic (exact) mass is 452 g/mol. The van der Waals surface area contributed by atoms with E-state index in [0.717, 1.165) is 42.2 Å². The first-order chi connectivity index (χ1) is 13.8. The predicted molar refractivity (Wildman–Crippen MR) is 132 cm³/mol. The molecule has 0 N–H and O–H groups in total. The number of unbranched alkanes of at least 4 members (excludes halogenated alkanes) is 1. The van der Waals surface area contributed by atoms with Gasteiger partial charge in [-0.15, -0.1) is 24.8 Å². The Kier molecular flexibility index (Phi) is 12.6. The van der Waals surface area contributed by atoms with E-state index in [4.69, 9.17) is 9.47 Å². The van der Waals surface area contributed by atoms with Crippen molar-refractivity contribution in [3.05, 3.63) is 59.7 Å². The maximum Gasteiger partial charge on any atom is 0.130 e. The molecule has 0 radical (unpaired) electrons. The highest BCUT2D eigenvalue weighted by Crippen LogP contribution is 2.30. The van der Waals surface area contributed by atoms with Gasteiger partial charge in [-0.25, -0.2) is 0 Å². The van der Waals surface area contributed by atoms with E-state index in [9.17, 15) is 0 Å². The number of likely N-dealkylation sites (N-methyl/N-ethyl adjacent to an activating group) is 1. The highest BCUT2D eigenvalue weighted by molar-refractivity contribution is 5.85. The fourth-order valence-corrected chi connectivity index (χ4v) is 3.43. The van der Waals surface area contributed by atoms with Crippen molar-refractivity contribution in [2.45, 2.75) is 12.8 Å². The average molecular weight is 453 g/mol. The number of rotatable bonds is 9. The molecule has 0 aliphatic carbocycles. The lowest BCUT2D eigenvalue weighted by molar-refractivity contribution is 0.150. The quantitative estimate of drug-likeness (QED) is 0.389. The summed E-state index contributed by atoms with van der Waals surface area (Å²) in [6.07, 6.45) is 6.40. The van der Waals surface area contributed by atoms with E-state index in [1.165, 1.54) is 32.6 Å². The molecule has 0 amide bonds. The summed E-state index contributed by atoms with van der Waals surface area (Å²) in [6.45, 7) is 6.61. The summed E-state index contributed by atoms with van der Waals surface area (Å²) in [4.78, 5) is 4.95. The molecule has 1 saturated heterocycles. The fourth-order valence-electron chi connectivity index (χ4n) is 3.43. The highest BCUT2D eigenvalue weighted by atomic mass is 35.5. The first kappa shape index (κ1) is 26.3. The topological polar surface area (TPSA) is 24.9 Å². The maximum atomic E-state index is 6.12. The molecule has 0 saturated carbocycles. The average Bonchev–Trinajstić information content (AvgIpc) is 2.74.